The number of rotatable bonds is 6. The highest BCUT2D eigenvalue weighted by atomic mass is 16.4. The number of nitrogens with one attached hydrogen (secondary N) is 1. The van der Waals surface area contributed by atoms with Gasteiger partial charge in [-0.3, -0.25) is 4.79 Å². The van der Waals surface area contributed by atoms with E-state index in [0.29, 0.717) is 18.3 Å². The minimum atomic E-state index is -0.832. The van der Waals surface area contributed by atoms with Gasteiger partial charge in [0.25, 0.3) is 0 Å². The molecule has 1 heterocycles. The molecule has 0 radical (unpaired) electrons. The van der Waals surface area contributed by atoms with E-state index >= 15 is 0 Å². The van der Waals surface area contributed by atoms with Crippen LogP contribution in [0.3, 0.4) is 0 Å². The summed E-state index contributed by atoms with van der Waals surface area (Å²) in [6, 6.07) is -0.119. The summed E-state index contributed by atoms with van der Waals surface area (Å²) in [6.45, 7) is 7.92. The Balaban J connectivity index is 2.37. The fraction of sp³-hybridized carbons (Fsp3) is 0.857. The lowest BCUT2D eigenvalue weighted by atomic mass is 9.97. The SMILES string of the molecule is CCC1CCN(C(=O)NCC(CC(C)C)C(=O)O)C1. The number of likely N-dealkylation sites (tertiary alicyclic amines) is 1. The van der Waals surface area contributed by atoms with Crippen LogP contribution < -0.4 is 5.32 Å². The van der Waals surface area contributed by atoms with Crippen molar-refractivity contribution in [2.24, 2.45) is 17.8 Å². The third-order valence-corrected chi connectivity index (χ3v) is 3.76. The summed E-state index contributed by atoms with van der Waals surface area (Å²) in [5.41, 5.74) is 0. The molecule has 0 aromatic rings. The molecular formula is C14H26N2O3. The molecule has 2 atom stereocenters. The Labute approximate surface area is 115 Å². The summed E-state index contributed by atoms with van der Waals surface area (Å²) in [6.07, 6.45) is 2.74. The smallest absolute Gasteiger partial charge is 0.317 e. The molecule has 1 rings (SSSR count). The first-order chi connectivity index (χ1) is 8.93. The maximum atomic E-state index is 11.9. The van der Waals surface area contributed by atoms with Gasteiger partial charge < -0.3 is 15.3 Å². The Morgan fingerprint density at radius 3 is 2.58 bits per heavy atom. The quantitative estimate of drug-likeness (QED) is 0.777. The van der Waals surface area contributed by atoms with Crippen LogP contribution in [0.4, 0.5) is 4.79 Å². The number of aliphatic carboxylic acids is 1. The number of carboxylic acid groups (broad SMARTS) is 1. The number of hydrogen-bond acceptors (Lipinski definition) is 2. The van der Waals surface area contributed by atoms with Gasteiger partial charge in [0.1, 0.15) is 0 Å². The number of carbonyl (C=O) groups is 2. The Hall–Kier alpha value is -1.26. The zero-order valence-corrected chi connectivity index (χ0v) is 12.2. The topological polar surface area (TPSA) is 69.6 Å². The molecule has 0 aromatic heterocycles. The average molecular weight is 270 g/mol. The zero-order valence-electron chi connectivity index (χ0n) is 12.2. The lowest BCUT2D eigenvalue weighted by Gasteiger charge is -2.20. The summed E-state index contributed by atoms with van der Waals surface area (Å²) in [5.74, 6) is -0.415. The lowest BCUT2D eigenvalue weighted by molar-refractivity contribution is -0.142. The van der Waals surface area contributed by atoms with Crippen molar-refractivity contribution in [2.45, 2.75) is 40.0 Å². The highest BCUT2D eigenvalue weighted by molar-refractivity contribution is 5.76. The molecule has 1 fully saturated rings. The predicted molar refractivity (Wildman–Crippen MR) is 74.0 cm³/mol. The van der Waals surface area contributed by atoms with E-state index in [-0.39, 0.29) is 12.6 Å². The number of hydrogen-bond donors (Lipinski definition) is 2. The van der Waals surface area contributed by atoms with Crippen LogP contribution in [0.2, 0.25) is 0 Å². The van der Waals surface area contributed by atoms with Crippen LogP contribution in [0.1, 0.15) is 40.0 Å². The maximum Gasteiger partial charge on any atom is 0.317 e. The molecule has 19 heavy (non-hydrogen) atoms. The fourth-order valence-corrected chi connectivity index (χ4v) is 2.51. The first kappa shape index (κ1) is 15.8. The molecule has 0 spiro atoms. The van der Waals surface area contributed by atoms with Gasteiger partial charge in [0.15, 0.2) is 0 Å². The minimum absolute atomic E-state index is 0.119. The second-order valence-electron chi connectivity index (χ2n) is 5.86. The summed E-state index contributed by atoms with van der Waals surface area (Å²) in [4.78, 5) is 24.8. The Morgan fingerprint density at radius 2 is 2.11 bits per heavy atom. The van der Waals surface area contributed by atoms with Crippen LogP contribution in [0.25, 0.3) is 0 Å². The van der Waals surface area contributed by atoms with Crippen molar-refractivity contribution in [2.75, 3.05) is 19.6 Å². The van der Waals surface area contributed by atoms with Crippen molar-refractivity contribution in [3.63, 3.8) is 0 Å². The molecule has 1 aliphatic heterocycles. The van der Waals surface area contributed by atoms with Crippen LogP contribution in [-0.2, 0) is 4.79 Å². The molecule has 5 nitrogen and oxygen atoms in total. The van der Waals surface area contributed by atoms with E-state index in [1.54, 1.807) is 4.90 Å². The van der Waals surface area contributed by atoms with Crippen molar-refractivity contribution in [1.29, 1.82) is 0 Å². The number of urea groups is 1. The zero-order chi connectivity index (χ0) is 14.4. The molecule has 0 bridgehead atoms. The van der Waals surface area contributed by atoms with Gasteiger partial charge in [0.05, 0.1) is 5.92 Å². The Morgan fingerprint density at radius 1 is 1.42 bits per heavy atom. The number of carbonyl (C=O) groups excluding carboxylic acids is 1. The molecule has 2 unspecified atom stereocenters. The second-order valence-corrected chi connectivity index (χ2v) is 5.86. The standard InChI is InChI=1S/C14H26N2O3/c1-4-11-5-6-16(9-11)14(19)15-8-12(13(17)18)7-10(2)3/h10-12H,4-9H2,1-3H3,(H,15,19)(H,17,18). The highest BCUT2D eigenvalue weighted by Crippen LogP contribution is 2.19. The van der Waals surface area contributed by atoms with Gasteiger partial charge in [-0.1, -0.05) is 27.2 Å². The van der Waals surface area contributed by atoms with Crippen molar-refractivity contribution >= 4 is 12.0 Å². The Kier molecular flexibility index (Phi) is 6.12. The molecule has 5 heteroatoms. The molecule has 2 N–H and O–H groups in total. The highest BCUT2D eigenvalue weighted by Gasteiger charge is 2.26. The van der Waals surface area contributed by atoms with Crippen LogP contribution in [-0.4, -0.2) is 41.6 Å². The largest absolute Gasteiger partial charge is 0.481 e. The van der Waals surface area contributed by atoms with Gasteiger partial charge in [-0.05, 0) is 24.7 Å². The molecule has 110 valence electrons. The monoisotopic (exact) mass is 270 g/mol. The van der Waals surface area contributed by atoms with Gasteiger partial charge in [-0.2, -0.15) is 0 Å². The van der Waals surface area contributed by atoms with Gasteiger partial charge in [-0.25, -0.2) is 4.79 Å². The van der Waals surface area contributed by atoms with E-state index in [4.69, 9.17) is 5.11 Å². The first-order valence-electron chi connectivity index (χ1n) is 7.19. The number of carboxylic acids is 1. The first-order valence-corrected chi connectivity index (χ1v) is 7.19. The van der Waals surface area contributed by atoms with Gasteiger partial charge >= 0.3 is 12.0 Å². The molecule has 1 saturated heterocycles. The molecular weight excluding hydrogens is 244 g/mol. The summed E-state index contributed by atoms with van der Waals surface area (Å²) >= 11 is 0. The third-order valence-electron chi connectivity index (χ3n) is 3.76. The van der Waals surface area contributed by atoms with Crippen molar-refractivity contribution in [1.82, 2.24) is 10.2 Å². The second kappa shape index (κ2) is 7.36. The number of amides is 2. The van der Waals surface area contributed by atoms with Crippen molar-refractivity contribution in [3.05, 3.63) is 0 Å². The molecule has 1 aliphatic rings. The van der Waals surface area contributed by atoms with Crippen LogP contribution in [0.15, 0.2) is 0 Å². The Bertz CT molecular complexity index is 318. The van der Waals surface area contributed by atoms with Crippen LogP contribution in [0, 0.1) is 17.8 Å². The normalized spacial score (nSPS) is 20.6. The van der Waals surface area contributed by atoms with Gasteiger partial charge in [-0.15, -0.1) is 0 Å². The van der Waals surface area contributed by atoms with E-state index in [0.717, 1.165) is 25.9 Å². The van der Waals surface area contributed by atoms with E-state index in [9.17, 15) is 9.59 Å². The molecule has 0 aromatic carbocycles. The molecule has 0 aliphatic carbocycles. The van der Waals surface area contributed by atoms with Gasteiger partial charge in [0.2, 0.25) is 0 Å². The van der Waals surface area contributed by atoms with Crippen molar-refractivity contribution < 1.29 is 14.7 Å². The van der Waals surface area contributed by atoms with Gasteiger partial charge in [0, 0.05) is 19.6 Å². The van der Waals surface area contributed by atoms with Crippen LogP contribution in [0.5, 0.6) is 0 Å². The lowest BCUT2D eigenvalue weighted by Crippen LogP contribution is -2.42. The van der Waals surface area contributed by atoms with E-state index < -0.39 is 11.9 Å². The fourth-order valence-electron chi connectivity index (χ4n) is 2.51. The van der Waals surface area contributed by atoms with Crippen LogP contribution >= 0.6 is 0 Å². The number of nitrogens with zero attached hydrogens (tertiary/aromatic N) is 1. The minimum Gasteiger partial charge on any atom is -0.481 e. The van der Waals surface area contributed by atoms with Crippen molar-refractivity contribution in [3.8, 4) is 0 Å². The summed E-state index contributed by atoms with van der Waals surface area (Å²) in [7, 11) is 0. The summed E-state index contributed by atoms with van der Waals surface area (Å²) in [5, 5.41) is 11.9. The van der Waals surface area contributed by atoms with E-state index in [1.165, 1.54) is 0 Å². The van der Waals surface area contributed by atoms with E-state index in [1.807, 2.05) is 13.8 Å². The summed E-state index contributed by atoms with van der Waals surface area (Å²) < 4.78 is 0. The molecule has 0 saturated carbocycles. The third kappa shape index (κ3) is 5.09. The van der Waals surface area contributed by atoms with E-state index in [2.05, 4.69) is 12.2 Å². The average Bonchev–Trinajstić information content (AvgIpc) is 2.82. The predicted octanol–water partition coefficient (Wildman–Crippen LogP) is 2.17. The molecule has 2 amide bonds. The maximum absolute atomic E-state index is 11.9.